The van der Waals surface area contributed by atoms with E-state index in [2.05, 4.69) is 21.8 Å². The first-order chi connectivity index (χ1) is 10.2. The lowest BCUT2D eigenvalue weighted by Crippen LogP contribution is -2.50. The van der Waals surface area contributed by atoms with Crippen LogP contribution in [0.4, 0.5) is 0 Å². The minimum absolute atomic E-state index is 0.278. The molecule has 2 unspecified atom stereocenters. The molecule has 0 aliphatic heterocycles. The highest BCUT2D eigenvalue weighted by Gasteiger charge is 2.46. The Morgan fingerprint density at radius 3 is 3.10 bits per heavy atom. The van der Waals surface area contributed by atoms with Crippen molar-refractivity contribution >= 4 is 5.97 Å². The summed E-state index contributed by atoms with van der Waals surface area (Å²) in [5.41, 5.74) is 1.84. The summed E-state index contributed by atoms with van der Waals surface area (Å²) >= 11 is 0. The number of carboxylic acids is 1. The van der Waals surface area contributed by atoms with E-state index in [1.807, 2.05) is 6.33 Å². The number of aryl methyl sites for hydroxylation is 1. The smallest absolute Gasteiger partial charge is 0.323 e. The number of nitrogens with one attached hydrogen (secondary N) is 1. The van der Waals surface area contributed by atoms with Crippen LogP contribution in [0, 0.1) is 0 Å². The maximum atomic E-state index is 11.7. The number of hydrogen-bond acceptors (Lipinski definition) is 3. The molecule has 2 atom stereocenters. The van der Waals surface area contributed by atoms with Gasteiger partial charge in [0.05, 0.1) is 12.0 Å². The number of imidazole rings is 1. The van der Waals surface area contributed by atoms with Gasteiger partial charge in [-0.2, -0.15) is 0 Å². The molecule has 0 radical (unpaired) electrons. The monoisotopic (exact) mass is 291 g/mol. The summed E-state index contributed by atoms with van der Waals surface area (Å²) in [7, 11) is 0. The maximum absolute atomic E-state index is 11.7. The fourth-order valence-electron chi connectivity index (χ4n) is 3.86. The zero-order valence-electron chi connectivity index (χ0n) is 12.8. The number of aliphatic carboxylic acids is 1. The summed E-state index contributed by atoms with van der Waals surface area (Å²) in [5, 5.41) is 12.9. The molecule has 2 aliphatic carbocycles. The zero-order valence-corrected chi connectivity index (χ0v) is 12.8. The van der Waals surface area contributed by atoms with Gasteiger partial charge in [-0.15, -0.1) is 0 Å². The Morgan fingerprint density at radius 2 is 2.33 bits per heavy atom. The van der Waals surface area contributed by atoms with E-state index in [9.17, 15) is 9.90 Å². The molecule has 21 heavy (non-hydrogen) atoms. The molecule has 3 rings (SSSR count). The van der Waals surface area contributed by atoms with Crippen molar-refractivity contribution in [3.8, 4) is 0 Å². The van der Waals surface area contributed by atoms with Gasteiger partial charge in [0.25, 0.3) is 0 Å². The van der Waals surface area contributed by atoms with Crippen LogP contribution < -0.4 is 5.32 Å². The topological polar surface area (TPSA) is 67.2 Å². The molecular weight excluding hydrogens is 266 g/mol. The molecule has 0 spiro atoms. The van der Waals surface area contributed by atoms with Crippen molar-refractivity contribution in [1.82, 2.24) is 14.9 Å². The molecule has 1 aromatic heterocycles. The third-order valence-electron chi connectivity index (χ3n) is 5.06. The van der Waals surface area contributed by atoms with E-state index >= 15 is 0 Å². The van der Waals surface area contributed by atoms with Gasteiger partial charge >= 0.3 is 5.97 Å². The van der Waals surface area contributed by atoms with Gasteiger partial charge in [-0.05, 0) is 57.9 Å². The molecule has 1 aromatic rings. The van der Waals surface area contributed by atoms with Crippen LogP contribution in [0.15, 0.2) is 6.33 Å². The number of aromatic nitrogens is 2. The molecule has 2 aliphatic rings. The molecular formula is C16H25N3O2. The van der Waals surface area contributed by atoms with E-state index in [1.165, 1.54) is 24.2 Å². The summed E-state index contributed by atoms with van der Waals surface area (Å²) in [5.74, 6) is -0.701. The molecule has 5 nitrogen and oxygen atoms in total. The molecule has 0 saturated heterocycles. The number of rotatable bonds is 5. The summed E-state index contributed by atoms with van der Waals surface area (Å²) < 4.78 is 2.27. The van der Waals surface area contributed by atoms with E-state index < -0.39 is 11.5 Å². The van der Waals surface area contributed by atoms with E-state index in [0.717, 1.165) is 32.2 Å². The Bertz CT molecular complexity index is 526. The van der Waals surface area contributed by atoms with Crippen LogP contribution in [0.3, 0.4) is 0 Å². The molecule has 0 aromatic carbocycles. The molecule has 1 heterocycles. The Morgan fingerprint density at radius 1 is 1.52 bits per heavy atom. The van der Waals surface area contributed by atoms with Crippen molar-refractivity contribution in [2.75, 3.05) is 6.54 Å². The van der Waals surface area contributed by atoms with Crippen molar-refractivity contribution in [1.29, 1.82) is 0 Å². The van der Waals surface area contributed by atoms with Crippen LogP contribution in [0.25, 0.3) is 0 Å². The van der Waals surface area contributed by atoms with Gasteiger partial charge in [0, 0.05) is 11.7 Å². The van der Waals surface area contributed by atoms with E-state index in [4.69, 9.17) is 0 Å². The van der Waals surface area contributed by atoms with Gasteiger partial charge in [0.15, 0.2) is 0 Å². The number of fused-ring (bicyclic) bond motifs is 1. The normalized spacial score (nSPS) is 28.5. The van der Waals surface area contributed by atoms with E-state index in [1.54, 1.807) is 0 Å². The first-order valence-corrected chi connectivity index (χ1v) is 8.19. The highest BCUT2D eigenvalue weighted by atomic mass is 16.4. The number of carboxylic acid groups (broad SMARTS) is 1. The first-order valence-electron chi connectivity index (χ1n) is 8.19. The predicted octanol–water partition coefficient (Wildman–Crippen LogP) is 2.31. The summed E-state index contributed by atoms with van der Waals surface area (Å²) in [6.07, 6.45) is 9.83. The van der Waals surface area contributed by atoms with Crippen molar-refractivity contribution in [2.24, 2.45) is 0 Å². The molecule has 1 fully saturated rings. The average Bonchev–Trinajstić information content (AvgIpc) is 3.10. The van der Waals surface area contributed by atoms with Gasteiger partial charge in [-0.3, -0.25) is 4.79 Å². The molecule has 2 N–H and O–H groups in total. The standard InChI is InChI=1S/C16H25N3O2/c1-2-9-18-16(15(20)21)8-7-12(10-16)19-11-17-13-5-3-4-6-14(13)19/h11-12,18H,2-10H2,1H3,(H,20,21). The van der Waals surface area contributed by atoms with Crippen molar-refractivity contribution in [3.05, 3.63) is 17.7 Å². The summed E-state index contributed by atoms with van der Waals surface area (Å²) in [4.78, 5) is 16.3. The van der Waals surface area contributed by atoms with Crippen LogP contribution in [-0.2, 0) is 17.6 Å². The van der Waals surface area contributed by atoms with Crippen molar-refractivity contribution in [3.63, 3.8) is 0 Å². The van der Waals surface area contributed by atoms with Gasteiger partial charge < -0.3 is 15.0 Å². The Balaban J connectivity index is 1.79. The largest absolute Gasteiger partial charge is 0.480 e. The fraction of sp³-hybridized carbons (Fsp3) is 0.750. The highest BCUT2D eigenvalue weighted by Crippen LogP contribution is 2.39. The van der Waals surface area contributed by atoms with E-state index in [-0.39, 0.29) is 6.04 Å². The van der Waals surface area contributed by atoms with Gasteiger partial charge in [0.1, 0.15) is 5.54 Å². The maximum Gasteiger partial charge on any atom is 0.323 e. The Hall–Kier alpha value is -1.36. The first kappa shape index (κ1) is 14.6. The second-order valence-electron chi connectivity index (χ2n) is 6.46. The fourth-order valence-corrected chi connectivity index (χ4v) is 3.86. The third kappa shape index (κ3) is 2.59. The molecule has 1 saturated carbocycles. The Labute approximate surface area is 125 Å². The second kappa shape index (κ2) is 5.79. The molecule has 0 amide bonds. The lowest BCUT2D eigenvalue weighted by atomic mass is 9.96. The summed E-state index contributed by atoms with van der Waals surface area (Å²) in [6.45, 7) is 2.84. The van der Waals surface area contributed by atoms with E-state index in [0.29, 0.717) is 12.8 Å². The van der Waals surface area contributed by atoms with Crippen LogP contribution in [0.5, 0.6) is 0 Å². The molecule has 116 valence electrons. The van der Waals surface area contributed by atoms with Crippen LogP contribution in [-0.4, -0.2) is 32.7 Å². The highest BCUT2D eigenvalue weighted by molar-refractivity contribution is 5.79. The predicted molar refractivity (Wildman–Crippen MR) is 80.4 cm³/mol. The average molecular weight is 291 g/mol. The lowest BCUT2D eigenvalue weighted by Gasteiger charge is -2.26. The van der Waals surface area contributed by atoms with Crippen molar-refractivity contribution < 1.29 is 9.90 Å². The van der Waals surface area contributed by atoms with Gasteiger partial charge in [-0.1, -0.05) is 6.92 Å². The van der Waals surface area contributed by atoms with Gasteiger partial charge in [-0.25, -0.2) is 4.98 Å². The van der Waals surface area contributed by atoms with Crippen molar-refractivity contribution in [2.45, 2.75) is 69.9 Å². The minimum Gasteiger partial charge on any atom is -0.480 e. The zero-order chi connectivity index (χ0) is 14.9. The number of carbonyl (C=O) groups is 1. The third-order valence-corrected chi connectivity index (χ3v) is 5.06. The van der Waals surface area contributed by atoms with Crippen LogP contribution >= 0.6 is 0 Å². The number of nitrogens with zero attached hydrogens (tertiary/aromatic N) is 2. The van der Waals surface area contributed by atoms with Gasteiger partial charge in [0.2, 0.25) is 0 Å². The SMILES string of the molecule is CCCNC1(C(=O)O)CCC(n2cnc3c2CCCC3)C1. The van der Waals surface area contributed by atoms with Crippen LogP contribution in [0.1, 0.15) is 62.9 Å². The second-order valence-corrected chi connectivity index (χ2v) is 6.46. The minimum atomic E-state index is -0.744. The van der Waals surface area contributed by atoms with Crippen LogP contribution in [0.2, 0.25) is 0 Å². The molecule has 0 bridgehead atoms. The molecule has 5 heteroatoms. The summed E-state index contributed by atoms with van der Waals surface area (Å²) in [6, 6.07) is 0.278. The lowest BCUT2D eigenvalue weighted by molar-refractivity contribution is -0.144. The quantitative estimate of drug-likeness (QED) is 0.873. The Kier molecular flexibility index (Phi) is 4.02. The number of hydrogen-bond donors (Lipinski definition) is 2.